The molecule has 1 atom stereocenters. The van der Waals surface area contributed by atoms with Crippen LogP contribution >= 0.6 is 0 Å². The third kappa shape index (κ3) is 3.12. The summed E-state index contributed by atoms with van der Waals surface area (Å²) >= 11 is 0. The fraction of sp³-hybridized carbons (Fsp3) is 0.333. The Morgan fingerprint density at radius 3 is 2.65 bits per heavy atom. The van der Waals surface area contributed by atoms with E-state index in [-0.39, 0.29) is 11.3 Å². The van der Waals surface area contributed by atoms with Crippen molar-refractivity contribution in [3.8, 4) is 6.07 Å². The van der Waals surface area contributed by atoms with E-state index in [1.807, 2.05) is 6.07 Å². The Labute approximate surface area is 116 Å². The molecule has 0 radical (unpaired) electrons. The van der Waals surface area contributed by atoms with Gasteiger partial charge in [0.05, 0.1) is 22.9 Å². The Morgan fingerprint density at radius 2 is 2.15 bits per heavy atom. The highest BCUT2D eigenvalue weighted by Gasteiger charge is 2.26. The second kappa shape index (κ2) is 5.98. The standard InChI is InChI=1S/C12H13FN2O4S/c1-8(5-6-14)15(2)20(18,19)9-3-4-11(13)10(7-9)12(16)17/h3-4,7-8H,5H2,1-2H3,(H,16,17). The number of nitriles is 1. The van der Waals surface area contributed by atoms with Crippen molar-refractivity contribution in [3.63, 3.8) is 0 Å². The van der Waals surface area contributed by atoms with Crippen LogP contribution < -0.4 is 0 Å². The van der Waals surface area contributed by atoms with Crippen molar-refractivity contribution in [3.05, 3.63) is 29.6 Å². The van der Waals surface area contributed by atoms with Gasteiger partial charge in [-0.15, -0.1) is 0 Å². The molecule has 0 heterocycles. The minimum atomic E-state index is -3.98. The number of benzene rings is 1. The van der Waals surface area contributed by atoms with Gasteiger partial charge in [-0.3, -0.25) is 0 Å². The summed E-state index contributed by atoms with van der Waals surface area (Å²) < 4.78 is 38.7. The van der Waals surface area contributed by atoms with Gasteiger partial charge in [-0.25, -0.2) is 17.6 Å². The fourth-order valence-corrected chi connectivity index (χ4v) is 2.88. The minimum absolute atomic E-state index is 0.0112. The molecule has 1 aromatic rings. The van der Waals surface area contributed by atoms with E-state index in [0.29, 0.717) is 0 Å². The average molecular weight is 300 g/mol. The minimum Gasteiger partial charge on any atom is -0.478 e. The fourth-order valence-electron chi connectivity index (χ4n) is 1.49. The van der Waals surface area contributed by atoms with Gasteiger partial charge in [0.15, 0.2) is 0 Å². The highest BCUT2D eigenvalue weighted by molar-refractivity contribution is 7.89. The summed E-state index contributed by atoms with van der Waals surface area (Å²) in [5.74, 6) is -2.56. The van der Waals surface area contributed by atoms with Crippen LogP contribution in [-0.2, 0) is 10.0 Å². The lowest BCUT2D eigenvalue weighted by atomic mass is 10.2. The number of aromatic carboxylic acids is 1. The van der Waals surface area contributed by atoms with Crippen molar-refractivity contribution < 1.29 is 22.7 Å². The normalized spacial score (nSPS) is 12.9. The molecule has 0 fully saturated rings. The van der Waals surface area contributed by atoms with Crippen molar-refractivity contribution in [2.24, 2.45) is 0 Å². The van der Waals surface area contributed by atoms with Gasteiger partial charge < -0.3 is 5.11 Å². The first-order valence-electron chi connectivity index (χ1n) is 5.59. The lowest BCUT2D eigenvalue weighted by molar-refractivity contribution is 0.0691. The molecule has 0 aromatic heterocycles. The van der Waals surface area contributed by atoms with Crippen molar-refractivity contribution in [2.75, 3.05) is 7.05 Å². The quantitative estimate of drug-likeness (QED) is 0.887. The number of carbonyl (C=O) groups is 1. The summed E-state index contributed by atoms with van der Waals surface area (Å²) in [4.78, 5) is 10.5. The lowest BCUT2D eigenvalue weighted by Crippen LogP contribution is -2.35. The SMILES string of the molecule is CC(CC#N)N(C)S(=O)(=O)c1ccc(F)c(C(=O)O)c1. The third-order valence-corrected chi connectivity index (χ3v) is 4.82. The Balaban J connectivity index is 3.27. The Morgan fingerprint density at radius 1 is 1.55 bits per heavy atom. The maximum absolute atomic E-state index is 13.3. The van der Waals surface area contributed by atoms with E-state index in [4.69, 9.17) is 10.4 Å². The maximum atomic E-state index is 13.3. The van der Waals surface area contributed by atoms with E-state index in [1.165, 1.54) is 7.05 Å². The van der Waals surface area contributed by atoms with Crippen LogP contribution in [0.3, 0.4) is 0 Å². The predicted molar refractivity (Wildman–Crippen MR) is 68.0 cm³/mol. The number of halogens is 1. The second-order valence-electron chi connectivity index (χ2n) is 4.18. The van der Waals surface area contributed by atoms with Gasteiger partial charge in [-0.05, 0) is 25.1 Å². The van der Waals surface area contributed by atoms with Crippen LogP contribution in [0, 0.1) is 17.1 Å². The molecular formula is C12H13FN2O4S. The molecule has 20 heavy (non-hydrogen) atoms. The molecule has 8 heteroatoms. The zero-order valence-electron chi connectivity index (χ0n) is 10.9. The summed E-state index contributed by atoms with van der Waals surface area (Å²) in [5.41, 5.74) is -0.715. The molecule has 0 bridgehead atoms. The number of carboxylic acids is 1. The van der Waals surface area contributed by atoms with Gasteiger partial charge in [0.1, 0.15) is 5.82 Å². The van der Waals surface area contributed by atoms with Crippen LogP contribution in [0.25, 0.3) is 0 Å². The van der Waals surface area contributed by atoms with Gasteiger partial charge in [0.2, 0.25) is 10.0 Å². The van der Waals surface area contributed by atoms with Crippen molar-refractivity contribution >= 4 is 16.0 Å². The van der Waals surface area contributed by atoms with Crippen LogP contribution in [0.1, 0.15) is 23.7 Å². The maximum Gasteiger partial charge on any atom is 0.338 e. The Hall–Kier alpha value is -1.98. The van der Waals surface area contributed by atoms with Gasteiger partial charge in [-0.1, -0.05) is 0 Å². The molecule has 0 spiro atoms. The molecule has 1 rings (SSSR count). The topological polar surface area (TPSA) is 98.5 Å². The molecular weight excluding hydrogens is 287 g/mol. The Kier molecular flexibility index (Phi) is 4.81. The smallest absolute Gasteiger partial charge is 0.338 e. The van der Waals surface area contributed by atoms with E-state index in [0.717, 1.165) is 22.5 Å². The molecule has 1 unspecified atom stereocenters. The van der Waals surface area contributed by atoms with Crippen molar-refractivity contribution in [2.45, 2.75) is 24.3 Å². The van der Waals surface area contributed by atoms with Crippen LogP contribution in [0.15, 0.2) is 23.1 Å². The zero-order valence-corrected chi connectivity index (χ0v) is 11.7. The monoisotopic (exact) mass is 300 g/mol. The number of nitrogens with zero attached hydrogens (tertiary/aromatic N) is 2. The largest absolute Gasteiger partial charge is 0.478 e. The first-order valence-corrected chi connectivity index (χ1v) is 7.03. The van der Waals surface area contributed by atoms with Gasteiger partial charge in [-0.2, -0.15) is 9.57 Å². The molecule has 108 valence electrons. The number of hydrogen-bond acceptors (Lipinski definition) is 4. The lowest BCUT2D eigenvalue weighted by Gasteiger charge is -2.22. The molecule has 6 nitrogen and oxygen atoms in total. The molecule has 0 saturated heterocycles. The summed E-state index contributed by atoms with van der Waals surface area (Å²) in [7, 11) is -2.70. The van der Waals surface area contributed by atoms with E-state index in [9.17, 15) is 17.6 Å². The highest BCUT2D eigenvalue weighted by Crippen LogP contribution is 2.20. The van der Waals surface area contributed by atoms with E-state index in [1.54, 1.807) is 6.92 Å². The highest BCUT2D eigenvalue weighted by atomic mass is 32.2. The van der Waals surface area contributed by atoms with E-state index < -0.39 is 33.4 Å². The number of hydrogen-bond donors (Lipinski definition) is 1. The van der Waals surface area contributed by atoms with Crippen molar-refractivity contribution in [1.29, 1.82) is 5.26 Å². The predicted octanol–water partition coefficient (Wildman–Crippen LogP) is 1.45. The van der Waals surface area contributed by atoms with E-state index >= 15 is 0 Å². The van der Waals surface area contributed by atoms with Gasteiger partial charge >= 0.3 is 5.97 Å². The summed E-state index contributed by atoms with van der Waals surface area (Å²) in [6.45, 7) is 1.54. The zero-order chi connectivity index (χ0) is 15.5. The number of rotatable bonds is 5. The number of sulfonamides is 1. The number of carboxylic acid groups (broad SMARTS) is 1. The van der Waals surface area contributed by atoms with E-state index in [2.05, 4.69) is 0 Å². The van der Waals surface area contributed by atoms with Crippen LogP contribution in [0.2, 0.25) is 0 Å². The van der Waals surface area contributed by atoms with Crippen LogP contribution in [0.5, 0.6) is 0 Å². The molecule has 1 aromatic carbocycles. The van der Waals surface area contributed by atoms with Crippen LogP contribution in [0.4, 0.5) is 4.39 Å². The first-order chi connectivity index (χ1) is 9.21. The molecule has 1 N–H and O–H groups in total. The van der Waals surface area contributed by atoms with Gasteiger partial charge in [0, 0.05) is 13.1 Å². The molecule has 0 aliphatic carbocycles. The van der Waals surface area contributed by atoms with Crippen LogP contribution in [-0.4, -0.2) is 36.9 Å². The average Bonchev–Trinajstić information content (AvgIpc) is 2.37. The third-order valence-electron chi connectivity index (χ3n) is 2.85. The summed E-state index contributed by atoms with van der Waals surface area (Å²) in [6, 6.07) is 3.82. The Bertz CT molecular complexity index is 667. The van der Waals surface area contributed by atoms with Crippen molar-refractivity contribution in [1.82, 2.24) is 4.31 Å². The molecule has 0 saturated carbocycles. The molecule has 0 aliphatic rings. The molecule has 0 amide bonds. The summed E-state index contributed by atoms with van der Waals surface area (Å²) in [6.07, 6.45) is -0.0112. The second-order valence-corrected chi connectivity index (χ2v) is 6.18. The summed E-state index contributed by atoms with van der Waals surface area (Å²) in [5, 5.41) is 17.4. The van der Waals surface area contributed by atoms with Gasteiger partial charge in [0.25, 0.3) is 0 Å². The molecule has 0 aliphatic heterocycles. The first kappa shape index (κ1) is 16.1.